The number of carboxylic acids is 1. The summed E-state index contributed by atoms with van der Waals surface area (Å²) in [6.45, 7) is 0.179. The average molecular weight is 395 g/mol. The average Bonchev–Trinajstić information content (AvgIpc) is 2.71. The Labute approximate surface area is 165 Å². The Morgan fingerprint density at radius 3 is 2.59 bits per heavy atom. The summed E-state index contributed by atoms with van der Waals surface area (Å²) >= 11 is 0. The van der Waals surface area contributed by atoms with Gasteiger partial charge in [-0.05, 0) is 42.7 Å². The molecule has 0 bridgehead atoms. The molecule has 0 saturated carbocycles. The van der Waals surface area contributed by atoms with Crippen molar-refractivity contribution in [1.29, 1.82) is 0 Å². The van der Waals surface area contributed by atoms with Gasteiger partial charge in [0, 0.05) is 13.0 Å². The molecule has 29 heavy (non-hydrogen) atoms. The molecule has 1 atom stereocenters. The van der Waals surface area contributed by atoms with Crippen LogP contribution in [-0.4, -0.2) is 38.0 Å². The van der Waals surface area contributed by atoms with Crippen LogP contribution in [-0.2, 0) is 22.6 Å². The van der Waals surface area contributed by atoms with Crippen molar-refractivity contribution >= 4 is 22.8 Å². The maximum atomic E-state index is 12.4. The Balaban J connectivity index is 1.55. The molecule has 1 aromatic heterocycles. The molecule has 3 rings (SSSR count). The smallest absolute Gasteiger partial charge is 0.277 e. The third-order valence-electron chi connectivity index (χ3n) is 4.40. The van der Waals surface area contributed by atoms with Gasteiger partial charge in [-0.2, -0.15) is 0 Å². The molecule has 9 nitrogen and oxygen atoms in total. The minimum absolute atomic E-state index is 0.0142. The number of phenolic OH excluding ortho intramolecular Hbond substituents is 1. The molecule has 0 aliphatic carbocycles. The minimum atomic E-state index is -1.40. The Morgan fingerprint density at radius 1 is 1.14 bits per heavy atom. The van der Waals surface area contributed by atoms with Crippen LogP contribution in [0, 0.1) is 0 Å². The number of rotatable bonds is 8. The first-order valence-corrected chi connectivity index (χ1v) is 9.04. The summed E-state index contributed by atoms with van der Waals surface area (Å²) in [5, 5.41) is 31.3. The first kappa shape index (κ1) is 20.0. The number of amides is 1. The van der Waals surface area contributed by atoms with Crippen LogP contribution < -0.4 is 16.0 Å². The number of carbonyl (C=O) groups excluding carboxylic acids is 2. The van der Waals surface area contributed by atoms with Crippen molar-refractivity contribution in [3.8, 4) is 5.75 Å². The van der Waals surface area contributed by atoms with E-state index in [9.17, 15) is 24.6 Å². The summed E-state index contributed by atoms with van der Waals surface area (Å²) in [5.74, 6) is -1.81. The first-order valence-electron chi connectivity index (χ1n) is 9.04. The summed E-state index contributed by atoms with van der Waals surface area (Å²) in [4.78, 5) is 35.8. The van der Waals surface area contributed by atoms with Gasteiger partial charge in [-0.1, -0.05) is 29.5 Å². The zero-order valence-corrected chi connectivity index (χ0v) is 15.4. The molecule has 0 saturated heterocycles. The fourth-order valence-corrected chi connectivity index (χ4v) is 2.89. The van der Waals surface area contributed by atoms with Crippen molar-refractivity contribution in [2.45, 2.75) is 31.8 Å². The monoisotopic (exact) mass is 395 g/mol. The molecule has 9 heteroatoms. The molecule has 0 aliphatic rings. The first-order chi connectivity index (χ1) is 13.9. The van der Waals surface area contributed by atoms with Gasteiger partial charge in [-0.25, -0.2) is 4.68 Å². The maximum Gasteiger partial charge on any atom is 0.277 e. The lowest BCUT2D eigenvalue weighted by Crippen LogP contribution is -2.49. The second-order valence-corrected chi connectivity index (χ2v) is 6.55. The molecular formula is C20H19N4O5-. The van der Waals surface area contributed by atoms with E-state index in [0.717, 1.165) is 0 Å². The number of hydrogen-bond acceptors (Lipinski definition) is 7. The van der Waals surface area contributed by atoms with Crippen LogP contribution >= 0.6 is 0 Å². The number of aromatic nitrogens is 3. The Kier molecular flexibility index (Phi) is 6.18. The number of benzene rings is 2. The number of hydrogen-bond donors (Lipinski definition) is 2. The molecule has 0 fully saturated rings. The van der Waals surface area contributed by atoms with Crippen molar-refractivity contribution in [3.63, 3.8) is 0 Å². The Bertz CT molecular complexity index is 1080. The molecule has 150 valence electrons. The highest BCUT2D eigenvalue weighted by molar-refractivity contribution is 5.82. The second kappa shape index (κ2) is 8.96. The normalized spacial score (nSPS) is 11.9. The number of nitrogens with zero attached hydrogens (tertiary/aromatic N) is 3. The predicted octanol–water partition coefficient (Wildman–Crippen LogP) is -0.245. The fourth-order valence-electron chi connectivity index (χ4n) is 2.89. The molecule has 2 aromatic carbocycles. The summed E-state index contributed by atoms with van der Waals surface area (Å²) in [7, 11) is 0. The largest absolute Gasteiger partial charge is 0.548 e. The zero-order valence-electron chi connectivity index (χ0n) is 15.4. The van der Waals surface area contributed by atoms with Gasteiger partial charge >= 0.3 is 0 Å². The fraction of sp³-hybridized carbons (Fsp3) is 0.250. The Morgan fingerprint density at radius 2 is 1.86 bits per heavy atom. The minimum Gasteiger partial charge on any atom is -0.548 e. The zero-order chi connectivity index (χ0) is 20.8. The quantitative estimate of drug-likeness (QED) is 0.537. The highest BCUT2D eigenvalue weighted by Crippen LogP contribution is 2.11. The number of nitrogens with one attached hydrogen (secondary N) is 1. The summed E-state index contributed by atoms with van der Waals surface area (Å²) in [5.41, 5.74) is 0.837. The Hall–Kier alpha value is -3.75. The van der Waals surface area contributed by atoms with Crippen LogP contribution in [0.3, 0.4) is 0 Å². The molecular weight excluding hydrogens is 376 g/mol. The van der Waals surface area contributed by atoms with E-state index in [1.807, 2.05) is 0 Å². The van der Waals surface area contributed by atoms with Gasteiger partial charge in [0.25, 0.3) is 5.56 Å². The van der Waals surface area contributed by atoms with Crippen LogP contribution in [0.15, 0.2) is 53.3 Å². The third-order valence-corrected chi connectivity index (χ3v) is 4.40. The number of phenols is 1. The molecule has 0 spiro atoms. The van der Waals surface area contributed by atoms with E-state index >= 15 is 0 Å². The van der Waals surface area contributed by atoms with Crippen LogP contribution in [0.2, 0.25) is 0 Å². The molecule has 1 heterocycles. The predicted molar refractivity (Wildman–Crippen MR) is 102 cm³/mol. The van der Waals surface area contributed by atoms with Crippen molar-refractivity contribution in [3.05, 3.63) is 64.4 Å². The van der Waals surface area contributed by atoms with Crippen LogP contribution in [0.1, 0.15) is 18.4 Å². The van der Waals surface area contributed by atoms with E-state index < -0.39 is 17.9 Å². The molecule has 1 amide bonds. The van der Waals surface area contributed by atoms with Crippen molar-refractivity contribution < 1.29 is 19.8 Å². The van der Waals surface area contributed by atoms with Gasteiger partial charge in [0.2, 0.25) is 5.91 Å². The molecule has 0 aliphatic heterocycles. The lowest BCUT2D eigenvalue weighted by atomic mass is 10.1. The molecule has 0 radical (unpaired) electrons. The summed E-state index contributed by atoms with van der Waals surface area (Å²) < 4.78 is 1.18. The van der Waals surface area contributed by atoms with Crippen molar-refractivity contribution in [2.75, 3.05) is 0 Å². The standard InChI is InChI=1S/C20H20N4O5/c25-14-9-7-13(8-10-14)12-17(20(28)29)21-18(26)6-3-11-24-19(27)15-4-1-2-5-16(15)22-23-24/h1-2,4-5,7-10,17,25H,3,6,11-12H2,(H,21,26)(H,28,29)/p-1/t17-/m0/s1. The van der Waals surface area contributed by atoms with Crippen LogP contribution in [0.5, 0.6) is 5.75 Å². The van der Waals surface area contributed by atoms with Gasteiger partial charge in [0.15, 0.2) is 0 Å². The third kappa shape index (κ3) is 5.16. The SMILES string of the molecule is O=C(CCCn1nnc2ccccc2c1=O)N[C@@H](Cc1ccc(O)cc1)C(=O)[O-]. The number of aromatic hydroxyl groups is 1. The number of carboxylic acid groups (broad SMARTS) is 1. The van der Waals surface area contributed by atoms with Gasteiger partial charge in [0.05, 0.1) is 17.4 Å². The summed E-state index contributed by atoms with van der Waals surface area (Å²) in [6.07, 6.45) is 0.335. The topological polar surface area (TPSA) is 137 Å². The number of fused-ring (bicyclic) bond motifs is 1. The van der Waals surface area contributed by atoms with Crippen LogP contribution in [0.25, 0.3) is 10.9 Å². The van der Waals surface area contributed by atoms with E-state index in [4.69, 9.17) is 0 Å². The lowest BCUT2D eigenvalue weighted by Gasteiger charge is -2.20. The van der Waals surface area contributed by atoms with Crippen molar-refractivity contribution in [1.82, 2.24) is 20.3 Å². The van der Waals surface area contributed by atoms with Gasteiger partial charge in [0.1, 0.15) is 11.3 Å². The molecule has 0 unspecified atom stereocenters. The molecule has 3 aromatic rings. The van der Waals surface area contributed by atoms with Crippen molar-refractivity contribution in [2.24, 2.45) is 0 Å². The van der Waals surface area contributed by atoms with Crippen LogP contribution in [0.4, 0.5) is 0 Å². The highest BCUT2D eigenvalue weighted by Gasteiger charge is 2.15. The van der Waals surface area contributed by atoms with E-state index in [1.165, 1.54) is 16.8 Å². The number of aryl methyl sites for hydroxylation is 1. The van der Waals surface area contributed by atoms with E-state index in [2.05, 4.69) is 15.6 Å². The van der Waals surface area contributed by atoms with E-state index in [-0.39, 0.29) is 37.1 Å². The number of aliphatic carboxylic acids is 1. The molecule has 2 N–H and O–H groups in total. The van der Waals surface area contributed by atoms with Gasteiger partial charge in [-0.3, -0.25) is 9.59 Å². The summed E-state index contributed by atoms with van der Waals surface area (Å²) in [6, 6.07) is 11.7. The van der Waals surface area contributed by atoms with E-state index in [1.54, 1.807) is 36.4 Å². The van der Waals surface area contributed by atoms with Gasteiger partial charge in [-0.15, -0.1) is 5.10 Å². The van der Waals surface area contributed by atoms with E-state index in [0.29, 0.717) is 16.5 Å². The number of carbonyl (C=O) groups is 2. The second-order valence-electron chi connectivity index (χ2n) is 6.55. The lowest BCUT2D eigenvalue weighted by molar-refractivity contribution is -0.308. The highest BCUT2D eigenvalue weighted by atomic mass is 16.4. The maximum absolute atomic E-state index is 12.4. The van der Waals surface area contributed by atoms with Gasteiger partial charge < -0.3 is 20.3 Å².